The van der Waals surface area contributed by atoms with Gasteiger partial charge in [-0.15, -0.1) is 0 Å². The number of ether oxygens (including phenoxy) is 2. The van der Waals surface area contributed by atoms with E-state index in [0.29, 0.717) is 29.9 Å². The Hall–Kier alpha value is -3.22. The highest BCUT2D eigenvalue weighted by Gasteiger charge is 2.81. The van der Waals surface area contributed by atoms with Crippen LogP contribution in [0.15, 0.2) is 59.8 Å². The van der Waals surface area contributed by atoms with E-state index in [0.717, 1.165) is 49.8 Å². The van der Waals surface area contributed by atoms with Crippen molar-refractivity contribution in [1.29, 1.82) is 0 Å². The number of hydrogen-bond donors (Lipinski definition) is 0. The summed E-state index contributed by atoms with van der Waals surface area (Å²) < 4.78 is 12.1. The Labute approximate surface area is 293 Å². The maximum Gasteiger partial charge on any atom is 0.303 e. The molecule has 266 valence electrons. The molecule has 0 bridgehead atoms. The van der Waals surface area contributed by atoms with E-state index >= 15 is 0 Å². The van der Waals surface area contributed by atoms with E-state index in [1.165, 1.54) is 20.3 Å². The quantitative estimate of drug-likeness (QED) is 0.133. The zero-order valence-corrected chi connectivity index (χ0v) is 30.9. The predicted molar refractivity (Wildman–Crippen MR) is 190 cm³/mol. The van der Waals surface area contributed by atoms with E-state index in [1.54, 1.807) is 0 Å². The third-order valence-electron chi connectivity index (χ3n) is 14.7. The summed E-state index contributed by atoms with van der Waals surface area (Å²) in [5.74, 6) is -0.246. The number of fused-ring (bicyclic) bond motifs is 2. The SMILES string of the molecule is C=C(C(=O)[C@H](OC(C)=O)[C@@H](C)[C@H]1[C@@H](OC(C)=O)C[C@@]2(C)[C@@H]3CC[C@H]4[C@H](C)/C(=N/OCc5ccccc5)C=C[C@@]45C[C@@]35CC[C@]12C)[C@@H](C)CC. The lowest BCUT2D eigenvalue weighted by Crippen LogP contribution is -2.56. The van der Waals surface area contributed by atoms with Crippen LogP contribution in [-0.2, 0) is 35.3 Å². The molecule has 0 unspecified atom stereocenters. The summed E-state index contributed by atoms with van der Waals surface area (Å²) in [5.41, 5.74) is 2.61. The molecule has 12 atom stereocenters. The van der Waals surface area contributed by atoms with Crippen LogP contribution in [0.2, 0.25) is 0 Å². The minimum atomic E-state index is -0.968. The van der Waals surface area contributed by atoms with E-state index in [1.807, 2.05) is 39.0 Å². The van der Waals surface area contributed by atoms with E-state index in [2.05, 4.69) is 56.8 Å². The Morgan fingerprint density at radius 3 is 2.39 bits per heavy atom. The zero-order chi connectivity index (χ0) is 35.5. The molecule has 49 heavy (non-hydrogen) atoms. The number of benzene rings is 1. The highest BCUT2D eigenvalue weighted by atomic mass is 16.6. The van der Waals surface area contributed by atoms with Crippen molar-refractivity contribution in [3.63, 3.8) is 0 Å². The molecule has 7 nitrogen and oxygen atoms in total. The average molecular weight is 672 g/mol. The predicted octanol–water partition coefficient (Wildman–Crippen LogP) is 8.67. The molecular weight excluding hydrogens is 614 g/mol. The summed E-state index contributed by atoms with van der Waals surface area (Å²) in [7, 11) is 0. The van der Waals surface area contributed by atoms with Crippen molar-refractivity contribution >= 4 is 23.4 Å². The number of ketones is 1. The van der Waals surface area contributed by atoms with Crippen LogP contribution in [0.1, 0.15) is 106 Å². The third-order valence-corrected chi connectivity index (χ3v) is 14.7. The molecule has 4 saturated carbocycles. The van der Waals surface area contributed by atoms with Gasteiger partial charge in [-0.05, 0) is 102 Å². The maximum absolute atomic E-state index is 14.0. The first-order valence-corrected chi connectivity index (χ1v) is 18.7. The molecule has 4 fully saturated rings. The summed E-state index contributed by atoms with van der Waals surface area (Å²) in [6.07, 6.45) is 10.4. The van der Waals surface area contributed by atoms with Gasteiger partial charge in [0.25, 0.3) is 0 Å². The van der Waals surface area contributed by atoms with Crippen LogP contribution in [0.3, 0.4) is 0 Å². The number of hydrogen-bond acceptors (Lipinski definition) is 7. The van der Waals surface area contributed by atoms with Crippen molar-refractivity contribution in [3.8, 4) is 0 Å². The molecular formula is C42H57NO6. The molecule has 0 amide bonds. The standard InChI is InChI=1S/C42H57NO6/c1-10-25(2)26(3)37(46)38(49-30(7)45)28(5)36-34(48-29(6)44)22-40(9)35-17-16-32-27(4)33(43-47-23-31-14-12-11-13-15-31)18-19-41(32)24-42(35,41)21-20-39(36,40)8/h11-15,18-19,25,27-28,32,34-36,38H,3,10,16-17,20-24H2,1-2,4-9H3/b43-33+/t25-,27-,28-,32-,34-,35-,36-,38+,39+,40-,41+,42-/m0/s1. The van der Waals surface area contributed by atoms with E-state index in [4.69, 9.17) is 14.3 Å². The molecule has 7 heteroatoms. The summed E-state index contributed by atoms with van der Waals surface area (Å²) in [6.45, 7) is 20.6. The Balaban J connectivity index is 1.30. The Kier molecular flexibility index (Phi) is 9.32. The lowest BCUT2D eigenvalue weighted by Gasteiger charge is -2.61. The van der Waals surface area contributed by atoms with Gasteiger partial charge in [0, 0.05) is 31.6 Å². The molecule has 6 rings (SSSR count). The van der Waals surface area contributed by atoms with Crippen molar-refractivity contribution in [2.75, 3.05) is 0 Å². The second-order valence-corrected chi connectivity index (χ2v) is 16.8. The first-order valence-electron chi connectivity index (χ1n) is 18.7. The molecule has 0 saturated heterocycles. The number of esters is 2. The largest absolute Gasteiger partial charge is 0.462 e. The van der Waals surface area contributed by atoms with Crippen LogP contribution in [0, 0.1) is 57.2 Å². The number of carbonyl (C=O) groups excluding carboxylic acids is 3. The highest BCUT2D eigenvalue weighted by molar-refractivity contribution is 6.00. The van der Waals surface area contributed by atoms with Gasteiger partial charge >= 0.3 is 11.9 Å². The summed E-state index contributed by atoms with van der Waals surface area (Å²) >= 11 is 0. The Bertz CT molecular complexity index is 1550. The fraction of sp³-hybridized carbons (Fsp3) is 0.667. The molecule has 1 aromatic rings. The molecule has 5 aliphatic rings. The maximum atomic E-state index is 14.0. The lowest BCUT2D eigenvalue weighted by atomic mass is 9.43. The van der Waals surface area contributed by atoms with Gasteiger partial charge in [-0.1, -0.05) is 89.7 Å². The average Bonchev–Trinajstić information content (AvgIpc) is 3.67. The molecule has 0 N–H and O–H groups in total. The minimum Gasteiger partial charge on any atom is -0.462 e. The number of nitrogens with zero attached hydrogens (tertiary/aromatic N) is 1. The minimum absolute atomic E-state index is 0.0193. The fourth-order valence-corrected chi connectivity index (χ4v) is 12.0. The van der Waals surface area contributed by atoms with Gasteiger partial charge in [0.15, 0.2) is 11.9 Å². The monoisotopic (exact) mass is 671 g/mol. The molecule has 0 aliphatic heterocycles. The van der Waals surface area contributed by atoms with Gasteiger partial charge in [-0.2, -0.15) is 0 Å². The van der Waals surface area contributed by atoms with E-state index < -0.39 is 12.1 Å². The summed E-state index contributed by atoms with van der Waals surface area (Å²) in [4.78, 5) is 44.9. The van der Waals surface area contributed by atoms with Gasteiger partial charge in [-0.3, -0.25) is 14.4 Å². The van der Waals surface area contributed by atoms with Crippen molar-refractivity contribution in [2.45, 2.75) is 119 Å². The van der Waals surface area contributed by atoms with Crippen molar-refractivity contribution in [2.24, 2.45) is 62.3 Å². The zero-order valence-electron chi connectivity index (χ0n) is 30.9. The van der Waals surface area contributed by atoms with Crippen molar-refractivity contribution in [3.05, 3.63) is 60.2 Å². The molecule has 0 radical (unpaired) electrons. The third kappa shape index (κ3) is 5.53. The number of carbonyl (C=O) groups is 3. The normalized spacial score (nSPS) is 39.7. The van der Waals surface area contributed by atoms with Gasteiger partial charge < -0.3 is 14.3 Å². The van der Waals surface area contributed by atoms with Gasteiger partial charge in [0.2, 0.25) is 0 Å². The first-order chi connectivity index (χ1) is 23.2. The van der Waals surface area contributed by atoms with Crippen molar-refractivity contribution in [1.82, 2.24) is 0 Å². The first kappa shape index (κ1) is 35.6. The highest BCUT2D eigenvalue weighted by Crippen LogP contribution is 2.87. The van der Waals surface area contributed by atoms with Crippen LogP contribution in [0.25, 0.3) is 0 Å². The number of oxime groups is 1. The lowest BCUT2D eigenvalue weighted by molar-refractivity contribution is -0.166. The van der Waals surface area contributed by atoms with E-state index in [9.17, 15) is 14.4 Å². The smallest absolute Gasteiger partial charge is 0.303 e. The van der Waals surface area contributed by atoms with Crippen LogP contribution >= 0.6 is 0 Å². The van der Waals surface area contributed by atoms with Crippen LogP contribution < -0.4 is 0 Å². The van der Waals surface area contributed by atoms with Crippen LogP contribution in [-0.4, -0.2) is 35.6 Å². The second-order valence-electron chi connectivity index (χ2n) is 16.8. The van der Waals surface area contributed by atoms with Gasteiger partial charge in [0.1, 0.15) is 12.7 Å². The topological polar surface area (TPSA) is 91.3 Å². The molecule has 0 heterocycles. The molecule has 0 aromatic heterocycles. The molecule has 5 aliphatic carbocycles. The Morgan fingerprint density at radius 1 is 1.02 bits per heavy atom. The van der Waals surface area contributed by atoms with Gasteiger partial charge in [0.05, 0.1) is 5.71 Å². The van der Waals surface area contributed by atoms with Crippen LogP contribution in [0.5, 0.6) is 0 Å². The molecule has 1 aromatic carbocycles. The fourth-order valence-electron chi connectivity index (χ4n) is 12.0. The van der Waals surface area contributed by atoms with Crippen molar-refractivity contribution < 1.29 is 28.7 Å². The van der Waals surface area contributed by atoms with Gasteiger partial charge in [-0.25, -0.2) is 0 Å². The number of rotatable bonds is 11. The van der Waals surface area contributed by atoms with E-state index in [-0.39, 0.29) is 57.3 Å². The molecule has 2 spiro atoms. The second kappa shape index (κ2) is 12.8. The summed E-state index contributed by atoms with van der Waals surface area (Å²) in [5, 5.41) is 4.64. The Morgan fingerprint density at radius 2 is 1.73 bits per heavy atom. The number of allylic oxidation sites excluding steroid dienone is 2. The summed E-state index contributed by atoms with van der Waals surface area (Å²) in [6, 6.07) is 10.2. The van der Waals surface area contributed by atoms with Crippen LogP contribution in [0.4, 0.5) is 0 Å². The number of Topliss-reactive ketones (excluding diaryl/α,β-unsaturated/α-hetero) is 1.